The summed E-state index contributed by atoms with van der Waals surface area (Å²) in [5.74, 6) is -2.48. The lowest BCUT2D eigenvalue weighted by atomic mass is 10.1. The van der Waals surface area contributed by atoms with Crippen LogP contribution in [-0.2, 0) is 25.6 Å². The van der Waals surface area contributed by atoms with E-state index in [-0.39, 0.29) is 41.7 Å². The highest BCUT2D eigenvalue weighted by atomic mass is 79.9. The number of carbonyl (C=O) groups is 4. The van der Waals surface area contributed by atoms with Crippen molar-refractivity contribution in [2.45, 2.75) is 13.5 Å². The zero-order chi connectivity index (χ0) is 25.7. The van der Waals surface area contributed by atoms with E-state index in [4.69, 9.17) is 13.9 Å². The van der Waals surface area contributed by atoms with Gasteiger partial charge in [-0.1, -0.05) is 15.9 Å². The number of methoxy groups -OCH3 is 1. The standard InChI is InChI=1S/C21H18BrN3O10/c1-3-33-17(26)10-34-18-11(6-12(22)8-15(18)25(30)31)7-14-19(27)24(21(29)23-14)9-13-4-5-16(35-13)20(28)32-2/h4-8H,3,9-10H2,1-2H3,(H,23,29)/b14-7-. The molecule has 0 saturated carbocycles. The van der Waals surface area contributed by atoms with Crippen molar-refractivity contribution in [1.82, 2.24) is 10.2 Å². The van der Waals surface area contributed by atoms with Crippen LogP contribution in [0.5, 0.6) is 5.75 Å². The maximum absolute atomic E-state index is 12.9. The van der Waals surface area contributed by atoms with Gasteiger partial charge >= 0.3 is 23.7 Å². The number of ether oxygens (including phenoxy) is 3. The third kappa shape index (κ3) is 5.84. The molecule has 1 fully saturated rings. The minimum absolute atomic E-state index is 0.0480. The Morgan fingerprint density at radius 3 is 2.69 bits per heavy atom. The number of urea groups is 1. The fourth-order valence-electron chi connectivity index (χ4n) is 3.03. The zero-order valence-electron chi connectivity index (χ0n) is 18.4. The highest BCUT2D eigenvalue weighted by Gasteiger charge is 2.35. The molecular formula is C21H18BrN3O10. The van der Waals surface area contributed by atoms with Crippen molar-refractivity contribution in [1.29, 1.82) is 0 Å². The number of amides is 3. The lowest BCUT2D eigenvalue weighted by Crippen LogP contribution is -2.30. The van der Waals surface area contributed by atoms with Crippen LogP contribution in [0.3, 0.4) is 0 Å². The molecule has 0 unspecified atom stereocenters. The van der Waals surface area contributed by atoms with Crippen LogP contribution in [0, 0.1) is 10.1 Å². The molecule has 0 bridgehead atoms. The van der Waals surface area contributed by atoms with Gasteiger partial charge in [-0.2, -0.15) is 0 Å². The SMILES string of the molecule is CCOC(=O)COc1c(/C=C2\NC(=O)N(Cc3ccc(C(=O)OC)o3)C2=O)cc(Br)cc1[N+](=O)[O-]. The van der Waals surface area contributed by atoms with E-state index >= 15 is 0 Å². The molecule has 14 heteroatoms. The Kier molecular flexibility index (Phi) is 7.86. The number of carbonyl (C=O) groups excluding carboxylic acids is 4. The molecule has 1 aromatic carbocycles. The van der Waals surface area contributed by atoms with Gasteiger partial charge in [0.15, 0.2) is 6.61 Å². The maximum Gasteiger partial charge on any atom is 0.373 e. The first-order valence-corrected chi connectivity index (χ1v) is 10.7. The summed E-state index contributed by atoms with van der Waals surface area (Å²) in [6.07, 6.45) is 1.18. The molecule has 184 valence electrons. The molecule has 35 heavy (non-hydrogen) atoms. The van der Waals surface area contributed by atoms with Crippen molar-refractivity contribution in [2.75, 3.05) is 20.3 Å². The molecular weight excluding hydrogens is 534 g/mol. The van der Waals surface area contributed by atoms with Gasteiger partial charge in [-0.25, -0.2) is 14.4 Å². The van der Waals surface area contributed by atoms with Gasteiger partial charge in [0.25, 0.3) is 5.91 Å². The third-order valence-corrected chi connectivity index (χ3v) is 4.98. The van der Waals surface area contributed by atoms with E-state index in [0.717, 1.165) is 4.90 Å². The first kappa shape index (κ1) is 25.4. The van der Waals surface area contributed by atoms with E-state index in [9.17, 15) is 29.3 Å². The van der Waals surface area contributed by atoms with E-state index in [1.807, 2.05) is 0 Å². The van der Waals surface area contributed by atoms with Crippen LogP contribution in [0.1, 0.15) is 28.8 Å². The summed E-state index contributed by atoms with van der Waals surface area (Å²) in [6, 6.07) is 4.55. The van der Waals surface area contributed by atoms with Gasteiger partial charge in [0.2, 0.25) is 11.5 Å². The molecule has 0 atom stereocenters. The van der Waals surface area contributed by atoms with E-state index in [0.29, 0.717) is 4.47 Å². The third-order valence-electron chi connectivity index (χ3n) is 4.52. The average molecular weight is 552 g/mol. The number of hydrogen-bond acceptors (Lipinski definition) is 10. The quantitative estimate of drug-likeness (QED) is 0.161. The Balaban J connectivity index is 1.90. The molecule has 1 aliphatic rings. The molecule has 0 radical (unpaired) electrons. The van der Waals surface area contributed by atoms with Crippen LogP contribution in [-0.4, -0.2) is 54.0 Å². The fourth-order valence-corrected chi connectivity index (χ4v) is 3.50. The molecule has 1 aromatic heterocycles. The molecule has 1 N–H and O–H groups in total. The second-order valence-electron chi connectivity index (χ2n) is 6.83. The van der Waals surface area contributed by atoms with Crippen LogP contribution in [0.2, 0.25) is 0 Å². The van der Waals surface area contributed by atoms with Crippen molar-refractivity contribution < 1.29 is 42.7 Å². The Hall–Kier alpha value is -4.20. The van der Waals surface area contributed by atoms with Crippen LogP contribution in [0.4, 0.5) is 10.5 Å². The monoisotopic (exact) mass is 551 g/mol. The highest BCUT2D eigenvalue weighted by Crippen LogP contribution is 2.36. The van der Waals surface area contributed by atoms with E-state index in [1.54, 1.807) is 6.92 Å². The predicted molar refractivity (Wildman–Crippen MR) is 120 cm³/mol. The van der Waals surface area contributed by atoms with Crippen LogP contribution >= 0.6 is 15.9 Å². The number of imide groups is 1. The molecule has 2 aromatic rings. The second-order valence-corrected chi connectivity index (χ2v) is 7.75. The molecule has 13 nitrogen and oxygen atoms in total. The number of halogens is 1. The molecule has 0 spiro atoms. The van der Waals surface area contributed by atoms with E-state index in [2.05, 4.69) is 26.0 Å². The van der Waals surface area contributed by atoms with Gasteiger partial charge in [-0.3, -0.25) is 19.8 Å². The number of benzene rings is 1. The zero-order valence-corrected chi connectivity index (χ0v) is 19.9. The number of rotatable bonds is 9. The number of esters is 2. The van der Waals surface area contributed by atoms with Gasteiger partial charge in [-0.15, -0.1) is 0 Å². The first-order valence-electron chi connectivity index (χ1n) is 9.92. The predicted octanol–water partition coefficient (Wildman–Crippen LogP) is 2.77. The number of nitro benzene ring substituents is 1. The second kappa shape index (κ2) is 10.8. The molecule has 2 heterocycles. The molecule has 3 rings (SSSR count). The Labute approximate surface area is 205 Å². The summed E-state index contributed by atoms with van der Waals surface area (Å²) in [6.45, 7) is 0.785. The average Bonchev–Trinajstić information content (AvgIpc) is 3.38. The number of nitro groups is 1. The summed E-state index contributed by atoms with van der Waals surface area (Å²) in [4.78, 5) is 60.2. The van der Waals surface area contributed by atoms with Crippen molar-refractivity contribution in [2.24, 2.45) is 0 Å². The summed E-state index contributed by atoms with van der Waals surface area (Å²) < 4.78 is 20.2. The largest absolute Gasteiger partial charge is 0.474 e. The van der Waals surface area contributed by atoms with Crippen molar-refractivity contribution >= 4 is 51.6 Å². The van der Waals surface area contributed by atoms with Crippen LogP contribution < -0.4 is 10.1 Å². The summed E-state index contributed by atoms with van der Waals surface area (Å²) in [5.41, 5.74) is -0.634. The summed E-state index contributed by atoms with van der Waals surface area (Å²) in [7, 11) is 1.18. The minimum Gasteiger partial charge on any atom is -0.474 e. The normalized spacial score (nSPS) is 14.1. The molecule has 1 saturated heterocycles. The molecule has 3 amide bonds. The Morgan fingerprint density at radius 1 is 1.29 bits per heavy atom. The van der Waals surface area contributed by atoms with Gasteiger partial charge < -0.3 is 23.9 Å². The van der Waals surface area contributed by atoms with Gasteiger partial charge in [0, 0.05) is 16.1 Å². The van der Waals surface area contributed by atoms with Crippen molar-refractivity contribution in [3.05, 3.63) is 61.6 Å². The van der Waals surface area contributed by atoms with Gasteiger partial charge in [0.05, 0.1) is 25.2 Å². The van der Waals surface area contributed by atoms with Crippen molar-refractivity contribution in [3.8, 4) is 5.75 Å². The number of hydrogen-bond donors (Lipinski definition) is 1. The number of furan rings is 1. The topological polar surface area (TPSA) is 168 Å². The van der Waals surface area contributed by atoms with Gasteiger partial charge in [-0.05, 0) is 31.2 Å². The van der Waals surface area contributed by atoms with Crippen LogP contribution in [0.25, 0.3) is 6.08 Å². The number of nitrogens with zero attached hydrogens (tertiary/aromatic N) is 2. The first-order chi connectivity index (χ1) is 16.6. The summed E-state index contributed by atoms with van der Waals surface area (Å²) >= 11 is 3.16. The molecule has 0 aliphatic carbocycles. The lowest BCUT2D eigenvalue weighted by Gasteiger charge is -2.11. The molecule has 1 aliphatic heterocycles. The Morgan fingerprint density at radius 2 is 2.03 bits per heavy atom. The number of nitrogens with one attached hydrogen (secondary N) is 1. The van der Waals surface area contributed by atoms with E-state index < -0.39 is 41.1 Å². The Bertz CT molecular complexity index is 1240. The van der Waals surface area contributed by atoms with E-state index in [1.165, 1.54) is 37.5 Å². The fraction of sp³-hybridized carbons (Fsp3) is 0.238. The highest BCUT2D eigenvalue weighted by molar-refractivity contribution is 9.10. The smallest absolute Gasteiger partial charge is 0.373 e. The summed E-state index contributed by atoms with van der Waals surface area (Å²) in [5, 5.41) is 13.9. The van der Waals surface area contributed by atoms with Crippen LogP contribution in [0.15, 0.2) is 38.9 Å². The minimum atomic E-state index is -0.782. The van der Waals surface area contributed by atoms with Gasteiger partial charge in [0.1, 0.15) is 11.5 Å². The maximum atomic E-state index is 12.9. The lowest BCUT2D eigenvalue weighted by molar-refractivity contribution is -0.385. The van der Waals surface area contributed by atoms with Crippen molar-refractivity contribution in [3.63, 3.8) is 0 Å².